The van der Waals surface area contributed by atoms with Crippen LogP contribution in [0.3, 0.4) is 0 Å². The second-order valence-electron chi connectivity index (χ2n) is 5.30. The summed E-state index contributed by atoms with van der Waals surface area (Å²) in [7, 11) is 3.38. The quantitative estimate of drug-likeness (QED) is 0.908. The van der Waals surface area contributed by atoms with E-state index in [4.69, 9.17) is 9.47 Å². The summed E-state index contributed by atoms with van der Waals surface area (Å²) in [5.41, 5.74) is 2.65. The largest absolute Gasteiger partial charge is 0.497 e. The molecular formula is C17H21NO2S. The van der Waals surface area contributed by atoms with E-state index >= 15 is 0 Å². The highest BCUT2D eigenvalue weighted by Gasteiger charge is 2.20. The van der Waals surface area contributed by atoms with E-state index < -0.39 is 0 Å². The Labute approximate surface area is 129 Å². The maximum absolute atomic E-state index is 5.46. The number of nitrogens with one attached hydrogen (secondary N) is 1. The number of benzene rings is 1. The van der Waals surface area contributed by atoms with Crippen LogP contribution in [0.1, 0.15) is 34.9 Å². The highest BCUT2D eigenvalue weighted by molar-refractivity contribution is 7.10. The molecule has 1 heterocycles. The Bertz CT molecular complexity index is 609. The maximum atomic E-state index is 5.46. The van der Waals surface area contributed by atoms with Gasteiger partial charge < -0.3 is 14.8 Å². The normalized spacial score (nSPS) is 17.3. The summed E-state index contributed by atoms with van der Waals surface area (Å²) in [5, 5.41) is 5.89. The fraction of sp³-hybridized carbons (Fsp3) is 0.412. The maximum Gasteiger partial charge on any atom is 0.127 e. The minimum absolute atomic E-state index is 0.465. The Morgan fingerprint density at radius 1 is 1.24 bits per heavy atom. The number of hydrogen-bond donors (Lipinski definition) is 1. The molecule has 1 aliphatic rings. The zero-order chi connectivity index (χ0) is 14.7. The minimum atomic E-state index is 0.465. The third kappa shape index (κ3) is 3.06. The smallest absolute Gasteiger partial charge is 0.127 e. The van der Waals surface area contributed by atoms with Gasteiger partial charge in [0.1, 0.15) is 11.5 Å². The number of hydrogen-bond acceptors (Lipinski definition) is 4. The molecule has 1 N–H and O–H groups in total. The van der Waals surface area contributed by atoms with E-state index in [0.717, 1.165) is 18.0 Å². The molecule has 0 bridgehead atoms. The average Bonchev–Trinajstić information content (AvgIpc) is 3.01. The van der Waals surface area contributed by atoms with Crippen LogP contribution in [0, 0.1) is 0 Å². The van der Waals surface area contributed by atoms with Gasteiger partial charge in [0.25, 0.3) is 0 Å². The van der Waals surface area contributed by atoms with Crippen molar-refractivity contribution in [2.45, 2.75) is 31.8 Å². The summed E-state index contributed by atoms with van der Waals surface area (Å²) in [6.07, 6.45) is 3.71. The van der Waals surface area contributed by atoms with Gasteiger partial charge in [0, 0.05) is 29.1 Å². The van der Waals surface area contributed by atoms with Crippen molar-refractivity contribution < 1.29 is 9.47 Å². The van der Waals surface area contributed by atoms with Crippen molar-refractivity contribution in [2.24, 2.45) is 0 Å². The van der Waals surface area contributed by atoms with Gasteiger partial charge in [-0.15, -0.1) is 11.3 Å². The van der Waals surface area contributed by atoms with Crippen LogP contribution in [-0.2, 0) is 13.0 Å². The number of thiophene rings is 1. The molecule has 1 aromatic carbocycles. The minimum Gasteiger partial charge on any atom is -0.497 e. The predicted molar refractivity (Wildman–Crippen MR) is 86.4 cm³/mol. The highest BCUT2D eigenvalue weighted by Crippen LogP contribution is 2.34. The summed E-state index contributed by atoms with van der Waals surface area (Å²) in [6.45, 7) is 0.813. The van der Waals surface area contributed by atoms with Gasteiger partial charge in [0.2, 0.25) is 0 Å². The third-order valence-electron chi connectivity index (χ3n) is 4.09. The van der Waals surface area contributed by atoms with E-state index in [1.165, 1.54) is 30.4 Å². The molecule has 4 heteroatoms. The number of rotatable bonds is 5. The van der Waals surface area contributed by atoms with E-state index in [1.807, 2.05) is 23.5 Å². The van der Waals surface area contributed by atoms with Crippen LogP contribution in [-0.4, -0.2) is 14.2 Å². The third-order valence-corrected chi connectivity index (χ3v) is 5.08. The zero-order valence-corrected chi connectivity index (χ0v) is 13.3. The fourth-order valence-corrected chi connectivity index (χ4v) is 3.92. The average molecular weight is 303 g/mol. The first-order chi connectivity index (χ1) is 10.3. The Hall–Kier alpha value is -1.52. The molecule has 1 atom stereocenters. The van der Waals surface area contributed by atoms with Gasteiger partial charge in [-0.1, -0.05) is 6.07 Å². The van der Waals surface area contributed by atoms with Gasteiger partial charge >= 0.3 is 0 Å². The van der Waals surface area contributed by atoms with Crippen molar-refractivity contribution in [2.75, 3.05) is 14.2 Å². The van der Waals surface area contributed by atoms with Crippen LogP contribution >= 0.6 is 11.3 Å². The number of fused-ring (bicyclic) bond motifs is 1. The molecular weight excluding hydrogens is 282 g/mol. The van der Waals surface area contributed by atoms with Crippen molar-refractivity contribution >= 4 is 11.3 Å². The van der Waals surface area contributed by atoms with Crippen molar-refractivity contribution in [3.8, 4) is 11.5 Å². The lowest BCUT2D eigenvalue weighted by molar-refractivity contribution is 0.386. The van der Waals surface area contributed by atoms with Crippen LogP contribution in [0.5, 0.6) is 11.5 Å². The predicted octanol–water partition coefficient (Wildman–Crippen LogP) is 3.93. The summed E-state index contributed by atoms with van der Waals surface area (Å²) in [5.74, 6) is 1.71. The lowest BCUT2D eigenvalue weighted by atomic mass is 9.94. The van der Waals surface area contributed by atoms with E-state index in [1.54, 1.807) is 19.1 Å². The first kappa shape index (κ1) is 14.4. The van der Waals surface area contributed by atoms with Gasteiger partial charge in [0.05, 0.1) is 14.2 Å². The molecule has 0 fully saturated rings. The molecule has 0 aliphatic heterocycles. The molecule has 3 nitrogen and oxygen atoms in total. The second kappa shape index (κ2) is 6.50. The van der Waals surface area contributed by atoms with Crippen LogP contribution in [0.2, 0.25) is 0 Å². The summed E-state index contributed by atoms with van der Waals surface area (Å²) < 4.78 is 10.7. The van der Waals surface area contributed by atoms with Gasteiger partial charge in [-0.3, -0.25) is 0 Å². The molecule has 2 aromatic rings. The molecule has 21 heavy (non-hydrogen) atoms. The van der Waals surface area contributed by atoms with Crippen molar-refractivity contribution in [3.63, 3.8) is 0 Å². The fourth-order valence-electron chi connectivity index (χ4n) is 2.93. The molecule has 112 valence electrons. The van der Waals surface area contributed by atoms with Crippen molar-refractivity contribution in [1.29, 1.82) is 0 Å². The number of methoxy groups -OCH3 is 2. The molecule has 1 aromatic heterocycles. The van der Waals surface area contributed by atoms with Gasteiger partial charge in [-0.05, 0) is 42.3 Å². The first-order valence-corrected chi connectivity index (χ1v) is 8.20. The number of ether oxygens (including phenoxy) is 2. The van der Waals surface area contributed by atoms with E-state index in [0.29, 0.717) is 6.04 Å². The van der Waals surface area contributed by atoms with Crippen LogP contribution < -0.4 is 14.8 Å². The lowest BCUT2D eigenvalue weighted by Crippen LogP contribution is -2.24. The summed E-state index contributed by atoms with van der Waals surface area (Å²) >= 11 is 1.88. The van der Waals surface area contributed by atoms with Crippen LogP contribution in [0.25, 0.3) is 0 Å². The standard InChI is InChI=1S/C17H21NO2S/c1-19-13-7-6-12(16(10-13)20-2)11-18-15-4-3-5-17-14(15)8-9-21-17/h6-10,15,18H,3-5,11H2,1-2H3. The Kier molecular flexibility index (Phi) is 4.46. The molecule has 0 radical (unpaired) electrons. The Balaban J connectivity index is 1.71. The zero-order valence-electron chi connectivity index (χ0n) is 12.5. The van der Waals surface area contributed by atoms with Gasteiger partial charge in [-0.2, -0.15) is 0 Å². The van der Waals surface area contributed by atoms with Crippen molar-refractivity contribution in [3.05, 3.63) is 45.6 Å². The monoisotopic (exact) mass is 303 g/mol. The molecule has 0 spiro atoms. The summed E-state index contributed by atoms with van der Waals surface area (Å²) in [6, 6.07) is 8.72. The Morgan fingerprint density at radius 3 is 2.95 bits per heavy atom. The van der Waals surface area contributed by atoms with Gasteiger partial charge in [-0.25, -0.2) is 0 Å². The number of aryl methyl sites for hydroxylation is 1. The Morgan fingerprint density at radius 2 is 2.14 bits per heavy atom. The van der Waals surface area contributed by atoms with E-state index in [9.17, 15) is 0 Å². The van der Waals surface area contributed by atoms with Crippen LogP contribution in [0.15, 0.2) is 29.6 Å². The molecule has 1 unspecified atom stereocenters. The molecule has 0 amide bonds. The SMILES string of the molecule is COc1ccc(CNC2CCCc3sccc32)c(OC)c1. The molecule has 1 aliphatic carbocycles. The molecule has 0 saturated carbocycles. The topological polar surface area (TPSA) is 30.5 Å². The van der Waals surface area contributed by atoms with Crippen molar-refractivity contribution in [1.82, 2.24) is 5.32 Å². The van der Waals surface area contributed by atoms with E-state index in [-0.39, 0.29) is 0 Å². The first-order valence-electron chi connectivity index (χ1n) is 7.32. The highest BCUT2D eigenvalue weighted by atomic mass is 32.1. The van der Waals surface area contributed by atoms with Crippen LogP contribution in [0.4, 0.5) is 0 Å². The second-order valence-corrected chi connectivity index (χ2v) is 6.30. The van der Waals surface area contributed by atoms with E-state index in [2.05, 4.69) is 22.8 Å². The lowest BCUT2D eigenvalue weighted by Gasteiger charge is -2.24. The molecule has 0 saturated heterocycles. The summed E-state index contributed by atoms with van der Waals surface area (Å²) in [4.78, 5) is 1.54. The molecule has 3 rings (SSSR count). The van der Waals surface area contributed by atoms with Gasteiger partial charge in [0.15, 0.2) is 0 Å².